The van der Waals surface area contributed by atoms with Crippen LogP contribution in [0.3, 0.4) is 0 Å². The second kappa shape index (κ2) is 7.13. The molecular formula is C15H22ClNO2. The van der Waals surface area contributed by atoms with E-state index < -0.39 is 0 Å². The summed E-state index contributed by atoms with van der Waals surface area (Å²) in [4.78, 5) is 0. The lowest BCUT2D eigenvalue weighted by atomic mass is 10.1. The van der Waals surface area contributed by atoms with E-state index in [2.05, 4.69) is 12.2 Å². The van der Waals surface area contributed by atoms with Crippen LogP contribution < -0.4 is 10.1 Å². The molecule has 1 saturated heterocycles. The van der Waals surface area contributed by atoms with Gasteiger partial charge in [-0.2, -0.15) is 0 Å². The Hall–Kier alpha value is -0.770. The number of rotatable bonds is 5. The Balaban J connectivity index is 1.99. The van der Waals surface area contributed by atoms with Crippen molar-refractivity contribution in [3.8, 4) is 5.75 Å². The average molecular weight is 284 g/mol. The second-order valence-electron chi connectivity index (χ2n) is 4.99. The largest absolute Gasteiger partial charge is 0.486 e. The van der Waals surface area contributed by atoms with Gasteiger partial charge in [-0.25, -0.2) is 0 Å². The Morgan fingerprint density at radius 3 is 3.05 bits per heavy atom. The van der Waals surface area contributed by atoms with E-state index in [4.69, 9.17) is 21.1 Å². The second-order valence-corrected chi connectivity index (χ2v) is 5.40. The van der Waals surface area contributed by atoms with Crippen LogP contribution in [-0.4, -0.2) is 31.9 Å². The van der Waals surface area contributed by atoms with E-state index in [9.17, 15) is 0 Å². The standard InChI is InChI=1S/C15H22ClNO2/c1-3-7-17-14-6-8-18-10-15(14)19-12-4-5-13(16)11(2)9-12/h4-5,9,14-15,17H,3,6-8,10H2,1-2H3. The number of benzene rings is 1. The molecule has 2 atom stereocenters. The number of hydrogen-bond acceptors (Lipinski definition) is 3. The molecule has 0 amide bonds. The Morgan fingerprint density at radius 2 is 2.32 bits per heavy atom. The molecule has 0 aromatic heterocycles. The number of ether oxygens (including phenoxy) is 2. The van der Waals surface area contributed by atoms with Crippen molar-refractivity contribution in [3.63, 3.8) is 0 Å². The fraction of sp³-hybridized carbons (Fsp3) is 0.600. The normalized spacial score (nSPS) is 23.3. The van der Waals surface area contributed by atoms with E-state index in [0.29, 0.717) is 12.6 Å². The van der Waals surface area contributed by atoms with Gasteiger partial charge in [-0.05, 0) is 50.1 Å². The van der Waals surface area contributed by atoms with Gasteiger partial charge >= 0.3 is 0 Å². The van der Waals surface area contributed by atoms with Gasteiger partial charge in [-0.3, -0.25) is 0 Å². The van der Waals surface area contributed by atoms with Crippen molar-refractivity contribution >= 4 is 11.6 Å². The topological polar surface area (TPSA) is 30.5 Å². The zero-order chi connectivity index (χ0) is 13.7. The SMILES string of the molecule is CCCNC1CCOCC1Oc1ccc(Cl)c(C)c1. The summed E-state index contributed by atoms with van der Waals surface area (Å²) in [6.45, 7) is 6.62. The van der Waals surface area contributed by atoms with Gasteiger partial charge in [-0.15, -0.1) is 0 Å². The van der Waals surface area contributed by atoms with Crippen LogP contribution in [0.25, 0.3) is 0 Å². The summed E-state index contributed by atoms with van der Waals surface area (Å²) in [7, 11) is 0. The fourth-order valence-corrected chi connectivity index (χ4v) is 2.37. The minimum Gasteiger partial charge on any atom is -0.486 e. The molecule has 0 saturated carbocycles. The molecule has 0 radical (unpaired) electrons. The van der Waals surface area contributed by atoms with Crippen LogP contribution in [0.4, 0.5) is 0 Å². The van der Waals surface area contributed by atoms with E-state index in [1.807, 2.05) is 25.1 Å². The Morgan fingerprint density at radius 1 is 1.47 bits per heavy atom. The molecular weight excluding hydrogens is 262 g/mol. The lowest BCUT2D eigenvalue weighted by molar-refractivity contribution is -0.0146. The van der Waals surface area contributed by atoms with Crippen LogP contribution in [0.15, 0.2) is 18.2 Å². The van der Waals surface area contributed by atoms with E-state index in [1.54, 1.807) is 0 Å². The van der Waals surface area contributed by atoms with Crippen LogP contribution in [0.1, 0.15) is 25.3 Å². The highest BCUT2D eigenvalue weighted by Crippen LogP contribution is 2.23. The molecule has 19 heavy (non-hydrogen) atoms. The van der Waals surface area contributed by atoms with Gasteiger partial charge in [-0.1, -0.05) is 18.5 Å². The molecule has 1 N–H and O–H groups in total. The summed E-state index contributed by atoms with van der Waals surface area (Å²) < 4.78 is 11.6. The molecule has 1 aliphatic heterocycles. The maximum Gasteiger partial charge on any atom is 0.137 e. The number of hydrogen-bond donors (Lipinski definition) is 1. The number of aryl methyl sites for hydroxylation is 1. The van der Waals surface area contributed by atoms with Crippen LogP contribution >= 0.6 is 11.6 Å². The molecule has 0 aliphatic carbocycles. The molecule has 1 aromatic rings. The van der Waals surface area contributed by atoms with Gasteiger partial charge in [0, 0.05) is 17.7 Å². The summed E-state index contributed by atoms with van der Waals surface area (Å²) in [5, 5.41) is 4.31. The zero-order valence-corrected chi connectivity index (χ0v) is 12.4. The van der Waals surface area contributed by atoms with Crippen LogP contribution in [0, 0.1) is 6.92 Å². The highest BCUT2D eigenvalue weighted by molar-refractivity contribution is 6.31. The smallest absolute Gasteiger partial charge is 0.137 e. The van der Waals surface area contributed by atoms with Crippen molar-refractivity contribution in [2.24, 2.45) is 0 Å². The first kappa shape index (κ1) is 14.6. The van der Waals surface area contributed by atoms with Crippen LogP contribution in [0.2, 0.25) is 5.02 Å². The van der Waals surface area contributed by atoms with Crippen LogP contribution in [0.5, 0.6) is 5.75 Å². The van der Waals surface area contributed by atoms with E-state index in [-0.39, 0.29) is 6.10 Å². The summed E-state index contributed by atoms with van der Waals surface area (Å²) in [5.74, 6) is 0.862. The van der Waals surface area contributed by atoms with Gasteiger partial charge in [0.15, 0.2) is 0 Å². The van der Waals surface area contributed by atoms with Gasteiger partial charge in [0.2, 0.25) is 0 Å². The maximum atomic E-state index is 6.05. The zero-order valence-electron chi connectivity index (χ0n) is 11.6. The Bertz CT molecular complexity index is 411. The fourth-order valence-electron chi connectivity index (χ4n) is 2.26. The summed E-state index contributed by atoms with van der Waals surface area (Å²) in [6.07, 6.45) is 2.20. The van der Waals surface area contributed by atoms with Crippen molar-refractivity contribution in [3.05, 3.63) is 28.8 Å². The van der Waals surface area contributed by atoms with Crippen molar-refractivity contribution < 1.29 is 9.47 Å². The van der Waals surface area contributed by atoms with Gasteiger partial charge in [0.1, 0.15) is 11.9 Å². The first-order valence-corrected chi connectivity index (χ1v) is 7.32. The molecule has 106 valence electrons. The molecule has 0 bridgehead atoms. The predicted molar refractivity (Wildman–Crippen MR) is 78.1 cm³/mol. The lowest BCUT2D eigenvalue weighted by Crippen LogP contribution is -2.49. The quantitative estimate of drug-likeness (QED) is 0.900. The predicted octanol–water partition coefficient (Wildman–Crippen LogP) is 3.18. The van der Waals surface area contributed by atoms with E-state index >= 15 is 0 Å². The third kappa shape index (κ3) is 4.10. The van der Waals surface area contributed by atoms with Gasteiger partial charge in [0.05, 0.1) is 6.61 Å². The lowest BCUT2D eigenvalue weighted by Gasteiger charge is -2.32. The molecule has 0 spiro atoms. The third-order valence-corrected chi connectivity index (χ3v) is 3.80. The van der Waals surface area contributed by atoms with Gasteiger partial charge in [0.25, 0.3) is 0 Å². The summed E-state index contributed by atoms with van der Waals surface area (Å²) in [5.41, 5.74) is 1.04. The maximum absolute atomic E-state index is 6.05. The Kier molecular flexibility index (Phi) is 5.49. The third-order valence-electron chi connectivity index (χ3n) is 3.38. The minimum absolute atomic E-state index is 0.0703. The first-order chi connectivity index (χ1) is 9.20. The van der Waals surface area contributed by atoms with Gasteiger partial charge < -0.3 is 14.8 Å². The van der Waals surface area contributed by atoms with E-state index in [1.165, 1.54) is 0 Å². The molecule has 4 heteroatoms. The number of halogens is 1. The highest BCUT2D eigenvalue weighted by atomic mass is 35.5. The van der Waals surface area contributed by atoms with Crippen molar-refractivity contribution in [2.45, 2.75) is 38.8 Å². The number of nitrogens with one attached hydrogen (secondary N) is 1. The minimum atomic E-state index is 0.0703. The van der Waals surface area contributed by atoms with Crippen molar-refractivity contribution in [1.82, 2.24) is 5.32 Å². The summed E-state index contributed by atoms with van der Waals surface area (Å²) in [6, 6.07) is 6.14. The van der Waals surface area contributed by atoms with Crippen molar-refractivity contribution in [1.29, 1.82) is 0 Å². The average Bonchev–Trinajstić information content (AvgIpc) is 2.42. The molecule has 1 aliphatic rings. The van der Waals surface area contributed by atoms with Crippen molar-refractivity contribution in [2.75, 3.05) is 19.8 Å². The molecule has 1 aromatic carbocycles. The van der Waals surface area contributed by atoms with E-state index in [0.717, 1.165) is 42.3 Å². The summed E-state index contributed by atoms with van der Waals surface area (Å²) >= 11 is 6.03. The van der Waals surface area contributed by atoms with Crippen LogP contribution in [-0.2, 0) is 4.74 Å². The molecule has 2 unspecified atom stereocenters. The molecule has 2 rings (SSSR count). The Labute approximate surface area is 120 Å². The monoisotopic (exact) mass is 283 g/mol. The molecule has 3 nitrogen and oxygen atoms in total. The first-order valence-electron chi connectivity index (χ1n) is 6.94. The molecule has 1 heterocycles. The highest BCUT2D eigenvalue weighted by Gasteiger charge is 2.26. The molecule has 1 fully saturated rings.